The second-order valence-electron chi connectivity index (χ2n) is 7.01. The third-order valence-electron chi connectivity index (χ3n) is 5.69. The molecule has 0 radical (unpaired) electrons. The molecule has 0 unspecified atom stereocenters. The largest absolute Gasteiger partial charge is 0.381 e. The Labute approximate surface area is 138 Å². The van der Waals surface area contributed by atoms with E-state index >= 15 is 0 Å². The Morgan fingerprint density at radius 1 is 1.04 bits per heavy atom. The van der Waals surface area contributed by atoms with Gasteiger partial charge >= 0.3 is 0 Å². The summed E-state index contributed by atoms with van der Waals surface area (Å²) in [6.45, 7) is 6.28. The first kappa shape index (κ1) is 15.3. The predicted octanol–water partition coefficient (Wildman–Crippen LogP) is 0.502. The Kier molecular flexibility index (Phi) is 4.46. The van der Waals surface area contributed by atoms with Crippen LogP contribution in [0.5, 0.6) is 0 Å². The summed E-state index contributed by atoms with van der Waals surface area (Å²) < 4.78 is 0. The highest BCUT2D eigenvalue weighted by molar-refractivity contribution is 5.34. The number of piperazine rings is 1. The lowest BCUT2D eigenvalue weighted by atomic mass is 9.91. The molecule has 6 nitrogen and oxygen atoms in total. The summed E-state index contributed by atoms with van der Waals surface area (Å²) in [7, 11) is 0. The van der Waals surface area contributed by atoms with Crippen LogP contribution in [0.25, 0.3) is 0 Å². The van der Waals surface area contributed by atoms with Gasteiger partial charge in [0.15, 0.2) is 0 Å². The van der Waals surface area contributed by atoms with Gasteiger partial charge in [0.25, 0.3) is 0 Å². The molecule has 1 aromatic heterocycles. The molecule has 0 atom stereocenters. The summed E-state index contributed by atoms with van der Waals surface area (Å²) >= 11 is 0. The number of hydrogen-bond acceptors (Lipinski definition) is 6. The van der Waals surface area contributed by atoms with E-state index in [4.69, 9.17) is 4.98 Å². The van der Waals surface area contributed by atoms with Crippen LogP contribution in [0.2, 0.25) is 0 Å². The van der Waals surface area contributed by atoms with Gasteiger partial charge in [-0.15, -0.1) is 0 Å². The minimum absolute atomic E-state index is 0.136. The molecule has 1 aliphatic carbocycles. The average Bonchev–Trinajstić information content (AvgIpc) is 2.75. The maximum Gasteiger partial charge on any atom is 0.225 e. The van der Waals surface area contributed by atoms with E-state index in [2.05, 4.69) is 19.7 Å². The molecule has 0 amide bonds. The van der Waals surface area contributed by atoms with Gasteiger partial charge in [0.1, 0.15) is 0 Å². The molecule has 1 N–H and O–H groups in total. The zero-order valence-corrected chi connectivity index (χ0v) is 13.8. The molecule has 6 heteroatoms. The van der Waals surface area contributed by atoms with E-state index in [1.54, 1.807) is 0 Å². The number of fused-ring (bicyclic) bond motifs is 1. The fraction of sp³-hybridized carbons (Fsp3) is 0.765. The van der Waals surface area contributed by atoms with Crippen LogP contribution < -0.4 is 4.90 Å². The van der Waals surface area contributed by atoms with Crippen LogP contribution in [0, 0.1) is 0 Å². The highest BCUT2D eigenvalue weighted by Gasteiger charge is 2.28. The summed E-state index contributed by atoms with van der Waals surface area (Å²) in [4.78, 5) is 16.5. The zero-order valence-electron chi connectivity index (χ0n) is 13.8. The van der Waals surface area contributed by atoms with Crippen LogP contribution in [0.4, 0.5) is 5.95 Å². The van der Waals surface area contributed by atoms with Gasteiger partial charge in [0.05, 0.1) is 12.4 Å². The van der Waals surface area contributed by atoms with Crippen molar-refractivity contribution in [2.24, 2.45) is 0 Å². The van der Waals surface area contributed by atoms with E-state index in [9.17, 15) is 5.11 Å². The number of aliphatic hydroxyl groups is 1. The minimum atomic E-state index is 0.136. The van der Waals surface area contributed by atoms with Crippen molar-refractivity contribution in [2.45, 2.75) is 38.1 Å². The number of aromatic nitrogens is 2. The molecule has 1 saturated carbocycles. The van der Waals surface area contributed by atoms with E-state index in [-0.39, 0.29) is 6.73 Å². The van der Waals surface area contributed by atoms with E-state index in [1.807, 2.05) is 6.20 Å². The van der Waals surface area contributed by atoms with E-state index in [0.717, 1.165) is 64.1 Å². The fourth-order valence-corrected chi connectivity index (χ4v) is 3.84. The molecule has 23 heavy (non-hydrogen) atoms. The highest BCUT2D eigenvalue weighted by atomic mass is 16.3. The lowest BCUT2D eigenvalue weighted by Gasteiger charge is -2.43. The minimum Gasteiger partial charge on any atom is -0.381 e. The van der Waals surface area contributed by atoms with Crippen LogP contribution in [0.1, 0.15) is 30.5 Å². The topological polar surface area (TPSA) is 55.7 Å². The zero-order chi connectivity index (χ0) is 15.6. The molecule has 3 heterocycles. The Morgan fingerprint density at radius 3 is 2.52 bits per heavy atom. The predicted molar refractivity (Wildman–Crippen MR) is 89.5 cm³/mol. The van der Waals surface area contributed by atoms with Crippen LogP contribution >= 0.6 is 0 Å². The van der Waals surface area contributed by atoms with Gasteiger partial charge in [-0.3, -0.25) is 9.80 Å². The number of nitrogens with zero attached hydrogens (tertiary/aromatic N) is 5. The van der Waals surface area contributed by atoms with Crippen molar-refractivity contribution in [1.29, 1.82) is 0 Å². The van der Waals surface area contributed by atoms with Crippen molar-refractivity contribution >= 4 is 5.95 Å². The van der Waals surface area contributed by atoms with Gasteiger partial charge in [-0.25, -0.2) is 9.97 Å². The summed E-state index contributed by atoms with van der Waals surface area (Å²) in [6.07, 6.45) is 8.03. The molecule has 1 saturated heterocycles. The highest BCUT2D eigenvalue weighted by Crippen LogP contribution is 2.26. The summed E-state index contributed by atoms with van der Waals surface area (Å²) in [5, 5.41) is 9.33. The third kappa shape index (κ3) is 3.20. The second-order valence-corrected chi connectivity index (χ2v) is 7.01. The average molecular weight is 317 g/mol. The normalized spacial score (nSPS) is 24.1. The molecular weight excluding hydrogens is 290 g/mol. The van der Waals surface area contributed by atoms with Crippen molar-refractivity contribution in [3.05, 3.63) is 17.5 Å². The molecule has 0 bridgehead atoms. The molecule has 4 rings (SSSR count). The lowest BCUT2D eigenvalue weighted by Crippen LogP contribution is -2.52. The first-order valence-electron chi connectivity index (χ1n) is 9.00. The molecule has 0 spiro atoms. The quantitative estimate of drug-likeness (QED) is 0.876. The fourth-order valence-electron chi connectivity index (χ4n) is 3.84. The van der Waals surface area contributed by atoms with Crippen molar-refractivity contribution < 1.29 is 5.11 Å². The van der Waals surface area contributed by atoms with Crippen LogP contribution in [-0.4, -0.2) is 76.9 Å². The maximum atomic E-state index is 9.33. The second kappa shape index (κ2) is 6.71. The van der Waals surface area contributed by atoms with Gasteiger partial charge < -0.3 is 10.0 Å². The Balaban J connectivity index is 1.41. The smallest absolute Gasteiger partial charge is 0.225 e. The maximum absolute atomic E-state index is 9.33. The molecule has 0 aromatic carbocycles. The summed E-state index contributed by atoms with van der Waals surface area (Å²) in [5.74, 6) is 0.898. The standard InChI is InChI=1S/C17H27N5O/c23-13-20-6-4-14-12-18-17(19-16(14)5-7-20)22-10-8-21(9-11-22)15-2-1-3-15/h12,15,23H,1-11,13H2. The van der Waals surface area contributed by atoms with Gasteiger partial charge in [-0.2, -0.15) is 0 Å². The molecule has 126 valence electrons. The third-order valence-corrected chi connectivity index (χ3v) is 5.69. The number of rotatable bonds is 3. The molecule has 2 aliphatic heterocycles. The van der Waals surface area contributed by atoms with E-state index in [0.29, 0.717) is 0 Å². The Hall–Kier alpha value is -1.24. The summed E-state index contributed by atoms with van der Waals surface area (Å²) in [5.41, 5.74) is 2.42. The monoisotopic (exact) mass is 317 g/mol. The Bertz CT molecular complexity index is 540. The van der Waals surface area contributed by atoms with E-state index < -0.39 is 0 Å². The first-order valence-corrected chi connectivity index (χ1v) is 9.00. The van der Waals surface area contributed by atoms with Crippen molar-refractivity contribution in [3.8, 4) is 0 Å². The summed E-state index contributed by atoms with van der Waals surface area (Å²) in [6, 6.07) is 0.842. The van der Waals surface area contributed by atoms with Crippen LogP contribution in [0.15, 0.2) is 6.20 Å². The van der Waals surface area contributed by atoms with Gasteiger partial charge in [-0.1, -0.05) is 6.42 Å². The van der Waals surface area contributed by atoms with Crippen LogP contribution in [0.3, 0.4) is 0 Å². The van der Waals surface area contributed by atoms with Crippen molar-refractivity contribution in [1.82, 2.24) is 19.8 Å². The number of hydrogen-bond donors (Lipinski definition) is 1. The van der Waals surface area contributed by atoms with Gasteiger partial charge in [-0.05, 0) is 24.8 Å². The number of anilines is 1. The van der Waals surface area contributed by atoms with Crippen molar-refractivity contribution in [3.63, 3.8) is 0 Å². The lowest BCUT2D eigenvalue weighted by molar-refractivity contribution is 0.112. The van der Waals surface area contributed by atoms with E-state index in [1.165, 1.54) is 30.5 Å². The molecular formula is C17H27N5O. The number of aliphatic hydroxyl groups excluding tert-OH is 1. The van der Waals surface area contributed by atoms with Gasteiger partial charge in [0.2, 0.25) is 5.95 Å². The first-order chi connectivity index (χ1) is 11.3. The molecule has 1 aromatic rings. The van der Waals surface area contributed by atoms with Crippen molar-refractivity contribution in [2.75, 3.05) is 50.9 Å². The SMILES string of the molecule is OCN1CCc2cnc(N3CCN(C4CCC4)CC3)nc2CC1. The van der Waals surface area contributed by atoms with Gasteiger partial charge in [0, 0.05) is 57.9 Å². The molecule has 3 aliphatic rings. The van der Waals surface area contributed by atoms with Crippen LogP contribution in [-0.2, 0) is 12.8 Å². The molecule has 2 fully saturated rings. The Morgan fingerprint density at radius 2 is 1.83 bits per heavy atom.